The first kappa shape index (κ1) is 20.9. The number of amides is 1. The second-order valence-electron chi connectivity index (χ2n) is 6.73. The quantitative estimate of drug-likeness (QED) is 0.438. The number of carbonyl (C=O) groups excluding carboxylic acids is 3. The van der Waals surface area contributed by atoms with Gasteiger partial charge in [-0.3, -0.25) is 19.2 Å². The summed E-state index contributed by atoms with van der Waals surface area (Å²) in [4.78, 5) is 54.1. The van der Waals surface area contributed by atoms with Gasteiger partial charge in [0.25, 0.3) is 11.5 Å². The molecular weight excluding hydrogens is 386 g/mol. The predicted molar refractivity (Wildman–Crippen MR) is 111 cm³/mol. The molecule has 0 saturated carbocycles. The molecule has 0 fully saturated rings. The fraction of sp³-hybridized carbons (Fsp3) is 0.227. The summed E-state index contributed by atoms with van der Waals surface area (Å²) in [5.74, 6) is -0.553. The molecule has 8 heteroatoms. The molecule has 3 rings (SSSR count). The largest absolute Gasteiger partial charge is 0.456 e. The number of anilines is 1. The number of rotatable bonds is 8. The lowest BCUT2D eigenvalue weighted by Crippen LogP contribution is -2.21. The van der Waals surface area contributed by atoms with Crippen molar-refractivity contribution in [3.63, 3.8) is 0 Å². The second-order valence-corrected chi connectivity index (χ2v) is 6.73. The molecule has 0 bridgehead atoms. The van der Waals surface area contributed by atoms with Crippen molar-refractivity contribution in [2.75, 3.05) is 11.9 Å². The average Bonchev–Trinajstić information content (AvgIpc) is 2.73. The molecule has 0 saturated heterocycles. The average molecular weight is 407 g/mol. The number of H-pyrrole nitrogens is 1. The van der Waals surface area contributed by atoms with E-state index in [1.54, 1.807) is 48.5 Å². The standard InChI is InChI=1S/C22H21N3O5/c1-14(26)15-9-11-16(12-10-15)23-20(27)13-30-21(28)8-4-7-19-24-18-6-3-2-5-17(18)22(29)25-19/h2-3,5-6,9-12H,4,7-8,13H2,1H3,(H,23,27)(H,24,25,29). The smallest absolute Gasteiger partial charge is 0.306 e. The number of nitrogens with one attached hydrogen (secondary N) is 2. The zero-order valence-corrected chi connectivity index (χ0v) is 16.4. The summed E-state index contributed by atoms with van der Waals surface area (Å²) in [6, 6.07) is 13.5. The van der Waals surface area contributed by atoms with E-state index in [0.717, 1.165) is 0 Å². The zero-order valence-electron chi connectivity index (χ0n) is 16.4. The van der Waals surface area contributed by atoms with Crippen LogP contribution in [0.3, 0.4) is 0 Å². The van der Waals surface area contributed by atoms with Crippen LogP contribution in [0.2, 0.25) is 0 Å². The molecule has 0 atom stereocenters. The summed E-state index contributed by atoms with van der Waals surface area (Å²) in [7, 11) is 0. The molecular formula is C22H21N3O5. The van der Waals surface area contributed by atoms with Gasteiger partial charge in [-0.1, -0.05) is 12.1 Å². The van der Waals surface area contributed by atoms with Crippen molar-refractivity contribution in [3.8, 4) is 0 Å². The Morgan fingerprint density at radius 2 is 1.80 bits per heavy atom. The number of esters is 1. The maximum absolute atomic E-state index is 12.0. The topological polar surface area (TPSA) is 118 Å². The number of para-hydroxylation sites is 1. The minimum absolute atomic E-state index is 0.0650. The fourth-order valence-electron chi connectivity index (χ4n) is 2.86. The van der Waals surface area contributed by atoms with Gasteiger partial charge in [-0.05, 0) is 49.7 Å². The molecule has 2 N–H and O–H groups in total. The van der Waals surface area contributed by atoms with Crippen LogP contribution in [0.15, 0.2) is 53.3 Å². The normalized spacial score (nSPS) is 10.6. The number of aromatic nitrogens is 2. The highest BCUT2D eigenvalue weighted by atomic mass is 16.5. The molecule has 154 valence electrons. The SMILES string of the molecule is CC(=O)c1ccc(NC(=O)COC(=O)CCCc2nc3ccccc3c(=O)[nH]2)cc1. The first-order valence-electron chi connectivity index (χ1n) is 9.47. The molecule has 0 unspecified atom stereocenters. The Morgan fingerprint density at radius 3 is 2.53 bits per heavy atom. The number of ether oxygens (including phenoxy) is 1. The third kappa shape index (κ3) is 5.60. The first-order chi connectivity index (χ1) is 14.4. The van der Waals surface area contributed by atoms with Crippen molar-refractivity contribution in [2.24, 2.45) is 0 Å². The van der Waals surface area contributed by atoms with Crippen LogP contribution < -0.4 is 10.9 Å². The number of benzene rings is 2. The van der Waals surface area contributed by atoms with Crippen LogP contribution in [0.5, 0.6) is 0 Å². The van der Waals surface area contributed by atoms with Gasteiger partial charge in [-0.2, -0.15) is 0 Å². The van der Waals surface area contributed by atoms with Gasteiger partial charge < -0.3 is 15.0 Å². The van der Waals surface area contributed by atoms with Crippen LogP contribution in [0.4, 0.5) is 5.69 Å². The number of fused-ring (bicyclic) bond motifs is 1. The Morgan fingerprint density at radius 1 is 1.07 bits per heavy atom. The molecule has 0 aliphatic carbocycles. The lowest BCUT2D eigenvalue weighted by molar-refractivity contribution is -0.147. The predicted octanol–water partition coefficient (Wildman–Crippen LogP) is 2.63. The lowest BCUT2D eigenvalue weighted by atomic mass is 10.1. The number of ketones is 1. The van der Waals surface area contributed by atoms with Gasteiger partial charge in [0.2, 0.25) is 0 Å². The summed E-state index contributed by atoms with van der Waals surface area (Å²) in [6.07, 6.45) is 0.926. The third-order valence-electron chi connectivity index (χ3n) is 4.40. The van der Waals surface area contributed by atoms with Crippen molar-refractivity contribution < 1.29 is 19.1 Å². The number of aryl methyl sites for hydroxylation is 1. The highest BCUT2D eigenvalue weighted by molar-refractivity contribution is 5.96. The lowest BCUT2D eigenvalue weighted by Gasteiger charge is -2.07. The molecule has 30 heavy (non-hydrogen) atoms. The Bertz CT molecular complexity index is 1140. The summed E-state index contributed by atoms with van der Waals surface area (Å²) in [6.45, 7) is 1.05. The molecule has 3 aromatic rings. The Labute approximate surface area is 172 Å². The van der Waals surface area contributed by atoms with E-state index in [9.17, 15) is 19.2 Å². The van der Waals surface area contributed by atoms with Crippen LogP contribution in [0, 0.1) is 0 Å². The molecule has 0 radical (unpaired) electrons. The Kier molecular flexibility index (Phi) is 6.69. The van der Waals surface area contributed by atoms with Gasteiger partial charge in [0.05, 0.1) is 10.9 Å². The van der Waals surface area contributed by atoms with E-state index in [0.29, 0.717) is 40.8 Å². The summed E-state index contributed by atoms with van der Waals surface area (Å²) in [5.41, 5.74) is 1.44. The number of nitrogens with zero attached hydrogens (tertiary/aromatic N) is 1. The fourth-order valence-corrected chi connectivity index (χ4v) is 2.86. The number of hydrogen-bond donors (Lipinski definition) is 2. The molecule has 0 aliphatic heterocycles. The summed E-state index contributed by atoms with van der Waals surface area (Å²) in [5, 5.41) is 3.11. The van der Waals surface area contributed by atoms with Crippen molar-refractivity contribution in [1.29, 1.82) is 0 Å². The highest BCUT2D eigenvalue weighted by Crippen LogP contribution is 2.10. The van der Waals surface area contributed by atoms with E-state index >= 15 is 0 Å². The van der Waals surface area contributed by atoms with E-state index in [1.165, 1.54) is 6.92 Å². The Balaban J connectivity index is 1.42. The van der Waals surface area contributed by atoms with Crippen LogP contribution in [-0.4, -0.2) is 34.2 Å². The van der Waals surface area contributed by atoms with Crippen molar-refractivity contribution in [1.82, 2.24) is 9.97 Å². The highest BCUT2D eigenvalue weighted by Gasteiger charge is 2.10. The van der Waals surface area contributed by atoms with Gasteiger partial charge in [-0.15, -0.1) is 0 Å². The number of carbonyl (C=O) groups is 3. The van der Waals surface area contributed by atoms with E-state index in [-0.39, 0.29) is 17.8 Å². The van der Waals surface area contributed by atoms with Crippen LogP contribution in [-0.2, 0) is 20.7 Å². The van der Waals surface area contributed by atoms with Crippen molar-refractivity contribution >= 4 is 34.3 Å². The zero-order chi connectivity index (χ0) is 21.5. The maximum Gasteiger partial charge on any atom is 0.306 e. The van der Waals surface area contributed by atoms with Gasteiger partial charge in [0.15, 0.2) is 12.4 Å². The van der Waals surface area contributed by atoms with Crippen molar-refractivity contribution in [3.05, 3.63) is 70.3 Å². The van der Waals surface area contributed by atoms with Crippen LogP contribution in [0.25, 0.3) is 10.9 Å². The minimum Gasteiger partial charge on any atom is -0.456 e. The third-order valence-corrected chi connectivity index (χ3v) is 4.40. The summed E-state index contributed by atoms with van der Waals surface area (Å²) >= 11 is 0. The van der Waals surface area contributed by atoms with Gasteiger partial charge in [0.1, 0.15) is 5.82 Å². The summed E-state index contributed by atoms with van der Waals surface area (Å²) < 4.78 is 4.97. The number of aromatic amines is 1. The minimum atomic E-state index is -0.514. The second kappa shape index (κ2) is 9.60. The number of hydrogen-bond acceptors (Lipinski definition) is 6. The van der Waals surface area contributed by atoms with E-state index in [4.69, 9.17) is 4.74 Å². The molecule has 2 aromatic carbocycles. The monoisotopic (exact) mass is 407 g/mol. The molecule has 8 nitrogen and oxygen atoms in total. The van der Waals surface area contributed by atoms with E-state index in [2.05, 4.69) is 15.3 Å². The van der Waals surface area contributed by atoms with Crippen LogP contribution in [0.1, 0.15) is 35.9 Å². The molecule has 0 aliphatic rings. The molecule has 1 aromatic heterocycles. The van der Waals surface area contributed by atoms with Crippen LogP contribution >= 0.6 is 0 Å². The maximum atomic E-state index is 12.0. The van der Waals surface area contributed by atoms with Gasteiger partial charge in [0, 0.05) is 24.1 Å². The van der Waals surface area contributed by atoms with E-state index in [1.807, 2.05) is 0 Å². The molecule has 1 amide bonds. The van der Waals surface area contributed by atoms with E-state index < -0.39 is 18.5 Å². The number of Topliss-reactive ketones (excluding diaryl/α,β-unsaturated/α-hetero) is 1. The Hall–Kier alpha value is -3.81. The van der Waals surface area contributed by atoms with Gasteiger partial charge in [-0.25, -0.2) is 4.98 Å². The molecule has 1 heterocycles. The van der Waals surface area contributed by atoms with Gasteiger partial charge >= 0.3 is 5.97 Å². The molecule has 0 spiro atoms. The first-order valence-corrected chi connectivity index (χ1v) is 9.47. The van der Waals surface area contributed by atoms with Crippen molar-refractivity contribution in [2.45, 2.75) is 26.2 Å².